The smallest absolute Gasteiger partial charge is 0.250 e. The van der Waals surface area contributed by atoms with Crippen LogP contribution in [0.2, 0.25) is 5.02 Å². The first-order valence-electron chi connectivity index (χ1n) is 9.88. The fourth-order valence-electron chi connectivity index (χ4n) is 5.35. The maximum atomic E-state index is 13.5. The van der Waals surface area contributed by atoms with E-state index in [0.29, 0.717) is 22.9 Å². The summed E-state index contributed by atoms with van der Waals surface area (Å²) in [6, 6.07) is 4.25. The number of fused-ring (bicyclic) bond motifs is 4. The second-order valence-corrected chi connectivity index (χ2v) is 8.72. The minimum absolute atomic E-state index is 0.178. The number of hydrogen-bond acceptors (Lipinski definition) is 6. The summed E-state index contributed by atoms with van der Waals surface area (Å²) in [5.74, 6) is -2.97. The Morgan fingerprint density at radius 1 is 1.34 bits per heavy atom. The fourth-order valence-corrected chi connectivity index (χ4v) is 5.52. The van der Waals surface area contributed by atoms with Crippen LogP contribution in [0.5, 0.6) is 0 Å². The van der Waals surface area contributed by atoms with E-state index in [1.54, 1.807) is 25.1 Å². The van der Waals surface area contributed by atoms with Crippen LogP contribution in [-0.2, 0) is 24.7 Å². The Bertz CT molecular complexity index is 915. The molecule has 0 bridgehead atoms. The molecule has 0 aliphatic carbocycles. The van der Waals surface area contributed by atoms with Gasteiger partial charge in [0.25, 0.3) is 0 Å². The lowest BCUT2D eigenvalue weighted by Crippen LogP contribution is -2.55. The van der Waals surface area contributed by atoms with E-state index in [1.807, 2.05) is 0 Å². The largest absolute Gasteiger partial charge is 0.392 e. The second kappa shape index (κ2) is 6.50. The highest BCUT2D eigenvalue weighted by Crippen LogP contribution is 2.53. The van der Waals surface area contributed by atoms with Crippen LogP contribution in [0.3, 0.4) is 0 Å². The Labute approximate surface area is 172 Å². The van der Waals surface area contributed by atoms with Crippen molar-refractivity contribution in [2.75, 3.05) is 18.5 Å². The molecule has 3 amide bonds. The van der Waals surface area contributed by atoms with Crippen LogP contribution in [0.4, 0.5) is 5.69 Å². The number of likely N-dealkylation sites (tertiary alicyclic amines) is 1. The van der Waals surface area contributed by atoms with E-state index in [0.717, 1.165) is 12.8 Å². The molecule has 6 atom stereocenters. The van der Waals surface area contributed by atoms with Gasteiger partial charge in [0.2, 0.25) is 17.7 Å². The summed E-state index contributed by atoms with van der Waals surface area (Å²) in [6.45, 7) is 2.35. The van der Waals surface area contributed by atoms with Crippen LogP contribution >= 0.6 is 11.6 Å². The van der Waals surface area contributed by atoms with Crippen LogP contribution < -0.4 is 10.6 Å². The van der Waals surface area contributed by atoms with Crippen molar-refractivity contribution in [1.82, 2.24) is 10.2 Å². The first kappa shape index (κ1) is 19.0. The van der Waals surface area contributed by atoms with Crippen LogP contribution in [0.1, 0.15) is 25.3 Å². The predicted molar refractivity (Wildman–Crippen MR) is 103 cm³/mol. The summed E-state index contributed by atoms with van der Waals surface area (Å²) in [5, 5.41) is 16.8. The van der Waals surface area contributed by atoms with E-state index < -0.39 is 41.3 Å². The van der Waals surface area contributed by atoms with Crippen molar-refractivity contribution in [2.45, 2.75) is 43.6 Å². The van der Waals surface area contributed by atoms with Gasteiger partial charge in [-0.3, -0.25) is 24.6 Å². The number of imide groups is 1. The molecule has 0 aromatic heterocycles. The summed E-state index contributed by atoms with van der Waals surface area (Å²) in [7, 11) is 0. The van der Waals surface area contributed by atoms with Crippen molar-refractivity contribution in [3.05, 3.63) is 28.8 Å². The molecule has 29 heavy (non-hydrogen) atoms. The molecule has 8 nitrogen and oxygen atoms in total. The molecule has 3 saturated heterocycles. The Morgan fingerprint density at radius 2 is 2.14 bits per heavy atom. The number of aliphatic hydroxyl groups excluding tert-OH is 1. The van der Waals surface area contributed by atoms with Crippen molar-refractivity contribution in [1.29, 1.82) is 0 Å². The number of nitrogens with zero attached hydrogens (tertiary/aromatic N) is 1. The lowest BCUT2D eigenvalue weighted by Gasteiger charge is -2.30. The molecule has 5 rings (SSSR count). The Kier molecular flexibility index (Phi) is 4.26. The summed E-state index contributed by atoms with van der Waals surface area (Å²) in [4.78, 5) is 41.1. The molecule has 3 fully saturated rings. The number of nitrogens with one attached hydrogen (secondary N) is 2. The lowest BCUT2D eigenvalue weighted by atomic mass is 9.76. The third kappa shape index (κ3) is 2.53. The fraction of sp³-hybridized carbons (Fsp3) is 0.550. The number of carbonyl (C=O) groups is 3. The third-order valence-electron chi connectivity index (χ3n) is 6.63. The van der Waals surface area contributed by atoms with Gasteiger partial charge in [0.1, 0.15) is 5.54 Å². The molecule has 3 N–H and O–H groups in total. The molecular formula is C20H22ClN3O5. The average Bonchev–Trinajstić information content (AvgIpc) is 3.41. The van der Waals surface area contributed by atoms with Crippen molar-refractivity contribution in [2.24, 2.45) is 11.8 Å². The van der Waals surface area contributed by atoms with Crippen LogP contribution in [-0.4, -0.2) is 59.1 Å². The van der Waals surface area contributed by atoms with Gasteiger partial charge in [-0.2, -0.15) is 0 Å². The highest BCUT2D eigenvalue weighted by atomic mass is 35.5. The Hall–Kier alpha value is -2.00. The summed E-state index contributed by atoms with van der Waals surface area (Å²) in [5.41, 5.74) is -0.354. The number of amides is 3. The van der Waals surface area contributed by atoms with Crippen molar-refractivity contribution < 1.29 is 24.2 Å². The molecule has 1 aromatic rings. The van der Waals surface area contributed by atoms with Crippen molar-refractivity contribution in [3.8, 4) is 0 Å². The van der Waals surface area contributed by atoms with Gasteiger partial charge < -0.3 is 15.2 Å². The minimum Gasteiger partial charge on any atom is -0.392 e. The summed E-state index contributed by atoms with van der Waals surface area (Å²) in [6.07, 6.45) is 0.561. The Balaban J connectivity index is 1.61. The highest BCUT2D eigenvalue weighted by molar-refractivity contribution is 6.31. The van der Waals surface area contributed by atoms with Gasteiger partial charge in [-0.1, -0.05) is 11.6 Å². The van der Waals surface area contributed by atoms with Gasteiger partial charge in [0.15, 0.2) is 0 Å². The number of ether oxygens (including phenoxy) is 1. The molecular weight excluding hydrogens is 398 g/mol. The first-order chi connectivity index (χ1) is 13.8. The standard InChI is InChI=1S/C20H22ClN3O5/c1-9(25)16-14-15(18(27)24(17(14)26)8-11-3-2-6-29-11)20(23-16)12-7-10(21)4-5-13(12)22-19(20)28/h4-5,7,9,11,14-16,23,25H,2-3,6,8H2,1H3,(H,22,28)/t9-,11-,14+,15+,16-,20+/m0/s1. The van der Waals surface area contributed by atoms with E-state index in [-0.39, 0.29) is 18.6 Å². The lowest BCUT2D eigenvalue weighted by molar-refractivity contribution is -0.144. The Morgan fingerprint density at radius 3 is 2.83 bits per heavy atom. The highest BCUT2D eigenvalue weighted by Gasteiger charge is 2.71. The van der Waals surface area contributed by atoms with E-state index in [4.69, 9.17) is 16.3 Å². The number of halogens is 1. The molecule has 0 saturated carbocycles. The van der Waals surface area contributed by atoms with Crippen LogP contribution in [0.15, 0.2) is 18.2 Å². The second-order valence-electron chi connectivity index (χ2n) is 8.29. The third-order valence-corrected chi connectivity index (χ3v) is 6.87. The zero-order chi connectivity index (χ0) is 20.5. The zero-order valence-corrected chi connectivity index (χ0v) is 16.6. The van der Waals surface area contributed by atoms with Crippen molar-refractivity contribution >= 4 is 35.0 Å². The van der Waals surface area contributed by atoms with Gasteiger partial charge in [-0.25, -0.2) is 0 Å². The number of hydrogen-bond donors (Lipinski definition) is 3. The number of carbonyl (C=O) groups excluding carboxylic acids is 3. The van der Waals surface area contributed by atoms with Gasteiger partial charge in [0.05, 0.1) is 30.6 Å². The average molecular weight is 420 g/mol. The number of rotatable bonds is 3. The summed E-state index contributed by atoms with van der Waals surface area (Å²) < 4.78 is 5.61. The topological polar surface area (TPSA) is 108 Å². The normalized spacial score (nSPS) is 36.7. The molecule has 0 unspecified atom stereocenters. The molecule has 1 aromatic carbocycles. The minimum atomic E-state index is -1.44. The molecule has 0 radical (unpaired) electrons. The molecule has 4 heterocycles. The molecule has 1 spiro atoms. The van der Waals surface area contributed by atoms with E-state index >= 15 is 0 Å². The molecule has 154 valence electrons. The predicted octanol–water partition coefficient (Wildman–Crippen LogP) is 0.620. The first-order valence-corrected chi connectivity index (χ1v) is 10.3. The van der Waals surface area contributed by atoms with E-state index in [1.165, 1.54) is 4.90 Å². The molecule has 9 heteroatoms. The van der Waals surface area contributed by atoms with Crippen LogP contribution in [0.25, 0.3) is 0 Å². The zero-order valence-electron chi connectivity index (χ0n) is 15.9. The van der Waals surface area contributed by atoms with Gasteiger partial charge in [-0.15, -0.1) is 0 Å². The van der Waals surface area contributed by atoms with E-state index in [9.17, 15) is 19.5 Å². The summed E-state index contributed by atoms with van der Waals surface area (Å²) >= 11 is 6.19. The van der Waals surface area contributed by atoms with Gasteiger partial charge >= 0.3 is 0 Å². The quantitative estimate of drug-likeness (QED) is 0.620. The maximum Gasteiger partial charge on any atom is 0.250 e. The molecule has 4 aliphatic rings. The number of benzene rings is 1. The molecule has 4 aliphatic heterocycles. The maximum absolute atomic E-state index is 13.5. The monoisotopic (exact) mass is 419 g/mol. The SMILES string of the molecule is C[C@H](O)[C@@H]1N[C@@]2(C(=O)Nc3ccc(Cl)cc32)[C@H]2C(=O)N(C[C@@H]3CCCO3)C(=O)[C@@H]12. The van der Waals surface area contributed by atoms with E-state index in [2.05, 4.69) is 10.6 Å². The van der Waals surface area contributed by atoms with Crippen LogP contribution in [0, 0.1) is 11.8 Å². The van der Waals surface area contributed by atoms with Crippen molar-refractivity contribution in [3.63, 3.8) is 0 Å². The van der Waals surface area contributed by atoms with Gasteiger partial charge in [0, 0.05) is 28.9 Å². The number of aliphatic hydroxyl groups is 1. The number of anilines is 1. The van der Waals surface area contributed by atoms with Gasteiger partial charge in [-0.05, 0) is 38.0 Å².